The van der Waals surface area contributed by atoms with Crippen LogP contribution in [0.2, 0.25) is 0 Å². The highest BCUT2D eigenvalue weighted by atomic mass is 16.4. The van der Waals surface area contributed by atoms with Crippen molar-refractivity contribution >= 4 is 35.6 Å². The summed E-state index contributed by atoms with van der Waals surface area (Å²) in [6, 6.07) is -5.48. The molecule has 4 unspecified atom stereocenters. The van der Waals surface area contributed by atoms with Crippen LogP contribution >= 0.6 is 0 Å². The van der Waals surface area contributed by atoms with E-state index in [9.17, 15) is 28.8 Å². The van der Waals surface area contributed by atoms with Crippen LogP contribution in [0.1, 0.15) is 52.4 Å². The Balaban J connectivity index is 5.54. The maximum atomic E-state index is 12.9. The summed E-state index contributed by atoms with van der Waals surface area (Å²) in [6.45, 7) is 3.86. The lowest BCUT2D eigenvalue weighted by atomic mass is 10.0. The van der Waals surface area contributed by atoms with E-state index in [4.69, 9.17) is 26.8 Å². The highest BCUT2D eigenvalue weighted by molar-refractivity contribution is 5.95. The van der Waals surface area contributed by atoms with Crippen molar-refractivity contribution < 1.29 is 44.1 Å². The van der Waals surface area contributed by atoms with Crippen molar-refractivity contribution in [1.82, 2.24) is 16.0 Å². The van der Waals surface area contributed by atoms with Crippen molar-refractivity contribution in [3.8, 4) is 0 Å². The number of rotatable bonds is 17. The van der Waals surface area contributed by atoms with E-state index < -0.39 is 72.6 Å². The molecular weight excluding hydrogens is 454 g/mol. The minimum atomic E-state index is -1.71. The number of hydrogen-bond acceptors (Lipinski definition) is 8. The quantitative estimate of drug-likeness (QED) is 0.103. The Labute approximate surface area is 196 Å². The highest BCUT2D eigenvalue weighted by Crippen LogP contribution is 2.09. The molecule has 0 aliphatic carbocycles. The van der Waals surface area contributed by atoms with Crippen LogP contribution in [-0.2, 0) is 28.8 Å². The topological polar surface area (TPSA) is 251 Å². The Kier molecular flexibility index (Phi) is 14.1. The first-order valence-electron chi connectivity index (χ1n) is 10.8. The van der Waals surface area contributed by atoms with Gasteiger partial charge in [0.2, 0.25) is 17.7 Å². The minimum absolute atomic E-state index is 0.0784. The van der Waals surface area contributed by atoms with Crippen LogP contribution in [0.25, 0.3) is 0 Å². The maximum absolute atomic E-state index is 12.9. The molecule has 0 aromatic heterocycles. The molecular formula is C20H35N5O9. The van der Waals surface area contributed by atoms with Gasteiger partial charge in [-0.05, 0) is 38.1 Å². The summed E-state index contributed by atoms with van der Waals surface area (Å²) in [7, 11) is 0. The predicted octanol–water partition coefficient (Wildman–Crippen LogP) is -2.02. The Morgan fingerprint density at radius 2 is 1.24 bits per heavy atom. The molecule has 0 aliphatic rings. The van der Waals surface area contributed by atoms with Gasteiger partial charge in [-0.15, -0.1) is 0 Å². The van der Waals surface area contributed by atoms with Gasteiger partial charge in [0, 0.05) is 0 Å². The predicted molar refractivity (Wildman–Crippen MR) is 118 cm³/mol. The fourth-order valence-corrected chi connectivity index (χ4v) is 2.94. The Morgan fingerprint density at radius 1 is 0.735 bits per heavy atom. The number of aliphatic carboxylic acids is 3. The third-order valence-corrected chi connectivity index (χ3v) is 4.64. The van der Waals surface area contributed by atoms with Crippen molar-refractivity contribution in [1.29, 1.82) is 0 Å². The molecule has 10 N–H and O–H groups in total. The third kappa shape index (κ3) is 12.7. The Morgan fingerprint density at radius 3 is 1.71 bits per heavy atom. The molecule has 0 rings (SSSR count). The SMILES string of the molecule is CC(C)CC(NC(=O)C(N)CC(=O)O)C(=O)NC(CCCCN)C(=O)NC(CC(=O)O)C(=O)O. The van der Waals surface area contributed by atoms with E-state index in [-0.39, 0.29) is 18.8 Å². The molecule has 14 heteroatoms. The van der Waals surface area contributed by atoms with Gasteiger partial charge in [-0.1, -0.05) is 13.8 Å². The standard InChI is InChI=1S/C20H35N5O9/c1-10(2)7-13(24-17(30)11(22)8-15(26)27)19(32)23-12(5-3-4-6-21)18(31)25-14(20(33)34)9-16(28)29/h10-14H,3-9,21-22H2,1-2H3,(H,23,32)(H,24,30)(H,25,31)(H,26,27)(H,28,29)(H,33,34). The molecule has 0 saturated carbocycles. The molecule has 0 aliphatic heterocycles. The number of hydrogen-bond donors (Lipinski definition) is 8. The number of nitrogens with two attached hydrogens (primary N) is 2. The van der Waals surface area contributed by atoms with Crippen molar-refractivity contribution in [3.05, 3.63) is 0 Å². The van der Waals surface area contributed by atoms with Crippen molar-refractivity contribution in [3.63, 3.8) is 0 Å². The van der Waals surface area contributed by atoms with Crippen molar-refractivity contribution in [2.75, 3.05) is 6.54 Å². The van der Waals surface area contributed by atoms with Crippen LogP contribution in [-0.4, -0.2) is 81.7 Å². The number of nitrogens with one attached hydrogen (secondary N) is 3. The second-order valence-corrected chi connectivity index (χ2v) is 8.24. The molecule has 0 heterocycles. The third-order valence-electron chi connectivity index (χ3n) is 4.64. The van der Waals surface area contributed by atoms with Gasteiger partial charge in [-0.25, -0.2) is 4.79 Å². The molecule has 0 aromatic carbocycles. The van der Waals surface area contributed by atoms with E-state index in [1.165, 1.54) is 0 Å². The summed E-state index contributed by atoms with van der Waals surface area (Å²) in [5.74, 6) is -6.89. The molecule has 0 bridgehead atoms. The number of carbonyl (C=O) groups excluding carboxylic acids is 3. The summed E-state index contributed by atoms with van der Waals surface area (Å²) in [5.41, 5.74) is 11.0. The lowest BCUT2D eigenvalue weighted by Crippen LogP contribution is -2.57. The Bertz CT molecular complexity index is 744. The second-order valence-electron chi connectivity index (χ2n) is 8.24. The first kappa shape index (κ1) is 30.7. The van der Waals surface area contributed by atoms with Gasteiger partial charge in [0.1, 0.15) is 18.1 Å². The first-order chi connectivity index (χ1) is 15.8. The van der Waals surface area contributed by atoms with Crippen LogP contribution in [0.5, 0.6) is 0 Å². The molecule has 14 nitrogen and oxygen atoms in total. The molecule has 194 valence electrons. The van der Waals surface area contributed by atoms with Crippen LogP contribution in [0, 0.1) is 5.92 Å². The Hall–Kier alpha value is -3.26. The van der Waals surface area contributed by atoms with Gasteiger partial charge in [0.25, 0.3) is 0 Å². The highest BCUT2D eigenvalue weighted by Gasteiger charge is 2.31. The van der Waals surface area contributed by atoms with E-state index in [1.54, 1.807) is 13.8 Å². The van der Waals surface area contributed by atoms with Gasteiger partial charge in [-0.2, -0.15) is 0 Å². The normalized spacial score (nSPS) is 14.4. The molecule has 3 amide bonds. The van der Waals surface area contributed by atoms with Crippen molar-refractivity contribution in [2.24, 2.45) is 17.4 Å². The van der Waals surface area contributed by atoms with Gasteiger partial charge >= 0.3 is 17.9 Å². The average Bonchev–Trinajstić information content (AvgIpc) is 2.70. The second kappa shape index (κ2) is 15.6. The van der Waals surface area contributed by atoms with Gasteiger partial charge in [0.15, 0.2) is 0 Å². The van der Waals surface area contributed by atoms with Crippen LogP contribution < -0.4 is 27.4 Å². The monoisotopic (exact) mass is 489 g/mol. The summed E-state index contributed by atoms with van der Waals surface area (Å²) in [5, 5.41) is 33.8. The van der Waals surface area contributed by atoms with Crippen LogP contribution in [0.4, 0.5) is 0 Å². The lowest BCUT2D eigenvalue weighted by Gasteiger charge is -2.25. The molecule has 4 atom stereocenters. The zero-order chi connectivity index (χ0) is 26.4. The fraction of sp³-hybridized carbons (Fsp3) is 0.700. The molecule has 0 fully saturated rings. The fourth-order valence-electron chi connectivity index (χ4n) is 2.94. The summed E-state index contributed by atoms with van der Waals surface area (Å²) in [4.78, 5) is 70.8. The van der Waals surface area contributed by atoms with Crippen LogP contribution in [0.3, 0.4) is 0 Å². The zero-order valence-corrected chi connectivity index (χ0v) is 19.3. The number of carboxylic acids is 3. The number of carboxylic acid groups (broad SMARTS) is 3. The van der Waals surface area contributed by atoms with E-state index in [0.717, 1.165) is 0 Å². The van der Waals surface area contributed by atoms with E-state index >= 15 is 0 Å². The van der Waals surface area contributed by atoms with E-state index in [0.29, 0.717) is 19.4 Å². The largest absolute Gasteiger partial charge is 0.481 e. The lowest BCUT2D eigenvalue weighted by molar-refractivity contribution is -0.147. The number of amides is 3. The summed E-state index contributed by atoms with van der Waals surface area (Å²) >= 11 is 0. The van der Waals surface area contributed by atoms with Crippen LogP contribution in [0.15, 0.2) is 0 Å². The molecule has 0 radical (unpaired) electrons. The number of carbonyl (C=O) groups is 6. The maximum Gasteiger partial charge on any atom is 0.326 e. The summed E-state index contributed by atoms with van der Waals surface area (Å²) < 4.78 is 0. The number of unbranched alkanes of at least 4 members (excludes halogenated alkanes) is 1. The molecule has 0 spiro atoms. The minimum Gasteiger partial charge on any atom is -0.481 e. The van der Waals surface area contributed by atoms with E-state index in [1.807, 2.05) is 0 Å². The first-order valence-corrected chi connectivity index (χ1v) is 10.8. The van der Waals surface area contributed by atoms with Gasteiger partial charge in [0.05, 0.1) is 18.9 Å². The summed E-state index contributed by atoms with van der Waals surface area (Å²) in [6.07, 6.45) is -0.381. The zero-order valence-electron chi connectivity index (χ0n) is 19.3. The van der Waals surface area contributed by atoms with Gasteiger partial charge < -0.3 is 42.7 Å². The molecule has 0 aromatic rings. The molecule has 34 heavy (non-hydrogen) atoms. The molecule has 0 saturated heterocycles. The average molecular weight is 490 g/mol. The van der Waals surface area contributed by atoms with Gasteiger partial charge in [-0.3, -0.25) is 24.0 Å². The van der Waals surface area contributed by atoms with Crippen molar-refractivity contribution in [2.45, 2.75) is 76.5 Å². The van der Waals surface area contributed by atoms with E-state index in [2.05, 4.69) is 16.0 Å². The smallest absolute Gasteiger partial charge is 0.326 e.